The molecule has 0 aliphatic heterocycles. The lowest BCUT2D eigenvalue weighted by atomic mass is 9.93. The van der Waals surface area contributed by atoms with Gasteiger partial charge in [-0.3, -0.25) is 9.48 Å². The molecule has 3 N–H and O–H groups in total. The first-order chi connectivity index (χ1) is 11.6. The van der Waals surface area contributed by atoms with Gasteiger partial charge in [-0.2, -0.15) is 16.4 Å². The van der Waals surface area contributed by atoms with Crippen molar-refractivity contribution in [3.05, 3.63) is 45.4 Å². The lowest BCUT2D eigenvalue weighted by molar-refractivity contribution is 0.0994. The number of thiophene rings is 1. The second kappa shape index (κ2) is 5.72. The van der Waals surface area contributed by atoms with Crippen molar-refractivity contribution < 1.29 is 4.79 Å². The van der Waals surface area contributed by atoms with Crippen molar-refractivity contribution >= 4 is 23.2 Å². The van der Waals surface area contributed by atoms with Crippen LogP contribution in [-0.2, 0) is 26.4 Å². The van der Waals surface area contributed by atoms with E-state index in [9.17, 15) is 4.79 Å². The van der Waals surface area contributed by atoms with E-state index in [1.165, 1.54) is 5.56 Å². The Balaban J connectivity index is 1.71. The molecule has 8 heteroatoms. The van der Waals surface area contributed by atoms with Gasteiger partial charge in [-0.05, 0) is 40.8 Å². The van der Waals surface area contributed by atoms with E-state index in [0.717, 1.165) is 35.4 Å². The van der Waals surface area contributed by atoms with E-state index in [0.29, 0.717) is 18.2 Å². The zero-order chi connectivity index (χ0) is 16.7. The van der Waals surface area contributed by atoms with Crippen molar-refractivity contribution in [2.24, 2.45) is 12.8 Å². The van der Waals surface area contributed by atoms with E-state index >= 15 is 0 Å². The molecule has 7 nitrogen and oxygen atoms in total. The minimum Gasteiger partial charge on any atom is -0.364 e. The van der Waals surface area contributed by atoms with Crippen molar-refractivity contribution in [2.75, 3.05) is 5.32 Å². The lowest BCUT2D eigenvalue weighted by Crippen LogP contribution is -2.16. The number of nitrogens with zero attached hydrogens (tertiary/aromatic N) is 4. The Morgan fingerprint density at radius 2 is 2.33 bits per heavy atom. The van der Waals surface area contributed by atoms with Crippen molar-refractivity contribution in [3.8, 4) is 11.4 Å². The van der Waals surface area contributed by atoms with Crippen molar-refractivity contribution in [1.29, 1.82) is 0 Å². The largest absolute Gasteiger partial charge is 0.364 e. The van der Waals surface area contributed by atoms with Crippen LogP contribution in [0.1, 0.15) is 27.2 Å². The van der Waals surface area contributed by atoms with Gasteiger partial charge in [0.15, 0.2) is 5.69 Å². The van der Waals surface area contributed by atoms with Crippen LogP contribution in [0, 0.1) is 0 Å². The van der Waals surface area contributed by atoms with Gasteiger partial charge in [-0.1, -0.05) is 0 Å². The molecule has 0 fully saturated rings. The van der Waals surface area contributed by atoms with Gasteiger partial charge >= 0.3 is 0 Å². The molecule has 3 aromatic rings. The van der Waals surface area contributed by atoms with Crippen LogP contribution in [0.5, 0.6) is 0 Å². The Kier molecular flexibility index (Phi) is 3.53. The summed E-state index contributed by atoms with van der Waals surface area (Å²) in [4.78, 5) is 20.7. The highest BCUT2D eigenvalue weighted by Gasteiger charge is 2.27. The molecule has 122 valence electrons. The van der Waals surface area contributed by atoms with Crippen molar-refractivity contribution in [2.45, 2.75) is 19.4 Å². The Labute approximate surface area is 142 Å². The molecule has 0 spiro atoms. The molecule has 1 aliphatic rings. The van der Waals surface area contributed by atoms with E-state index in [4.69, 9.17) is 5.73 Å². The van der Waals surface area contributed by atoms with Crippen LogP contribution >= 0.6 is 11.3 Å². The molecule has 0 aromatic carbocycles. The second-order valence-corrected chi connectivity index (χ2v) is 6.50. The number of rotatable bonds is 4. The molecule has 4 rings (SSSR count). The first kappa shape index (κ1) is 14.8. The van der Waals surface area contributed by atoms with Gasteiger partial charge in [-0.25, -0.2) is 9.97 Å². The van der Waals surface area contributed by atoms with Gasteiger partial charge in [0.1, 0.15) is 0 Å². The standard InChI is InChI=1S/C16H16N6OS/c1-22-14-11(13(21-22)15(17)23)3-2-10-7-19-16(20-12(10)14)18-6-9-4-5-24-8-9/h4-5,7-8H,2-3,6H2,1H3,(H2,17,23)(H,18,19,20). The number of primary amides is 1. The molecule has 3 aromatic heterocycles. The topological polar surface area (TPSA) is 98.7 Å². The predicted octanol–water partition coefficient (Wildman–Crippen LogP) is 1.75. The summed E-state index contributed by atoms with van der Waals surface area (Å²) in [5, 5.41) is 11.6. The van der Waals surface area contributed by atoms with Crippen LogP contribution in [0.4, 0.5) is 5.95 Å². The highest BCUT2D eigenvalue weighted by Crippen LogP contribution is 2.33. The van der Waals surface area contributed by atoms with E-state index in [1.54, 1.807) is 23.1 Å². The van der Waals surface area contributed by atoms with E-state index < -0.39 is 5.91 Å². The summed E-state index contributed by atoms with van der Waals surface area (Å²) < 4.78 is 1.68. The third-order valence-electron chi connectivity index (χ3n) is 4.14. The van der Waals surface area contributed by atoms with E-state index in [2.05, 4.69) is 31.8 Å². The maximum absolute atomic E-state index is 11.6. The normalized spacial score (nSPS) is 12.5. The minimum absolute atomic E-state index is 0.338. The Morgan fingerprint density at radius 3 is 3.08 bits per heavy atom. The summed E-state index contributed by atoms with van der Waals surface area (Å²) in [6, 6.07) is 2.06. The summed E-state index contributed by atoms with van der Waals surface area (Å²) in [5.41, 5.74) is 10.6. The summed E-state index contributed by atoms with van der Waals surface area (Å²) in [6.07, 6.45) is 3.34. The molecule has 0 saturated carbocycles. The molecule has 0 unspecified atom stereocenters. The van der Waals surface area contributed by atoms with Crippen molar-refractivity contribution in [1.82, 2.24) is 19.7 Å². The molecule has 1 aliphatic carbocycles. The minimum atomic E-state index is -0.500. The number of aromatic nitrogens is 4. The molecule has 0 saturated heterocycles. The predicted molar refractivity (Wildman–Crippen MR) is 91.8 cm³/mol. The number of hydrogen-bond acceptors (Lipinski definition) is 6. The van der Waals surface area contributed by atoms with Crippen LogP contribution in [0.2, 0.25) is 0 Å². The zero-order valence-electron chi connectivity index (χ0n) is 13.1. The molecule has 0 bridgehead atoms. The SMILES string of the molecule is Cn1nc(C(N)=O)c2c1-c1nc(NCc3ccsc3)ncc1CC2. The molecule has 3 heterocycles. The van der Waals surface area contributed by atoms with Gasteiger partial charge < -0.3 is 11.1 Å². The van der Waals surface area contributed by atoms with Gasteiger partial charge in [0.2, 0.25) is 5.95 Å². The highest BCUT2D eigenvalue weighted by molar-refractivity contribution is 7.07. The van der Waals surface area contributed by atoms with Crippen LogP contribution in [-0.4, -0.2) is 25.7 Å². The number of nitrogens with two attached hydrogens (primary N) is 1. The quantitative estimate of drug-likeness (QED) is 0.754. The van der Waals surface area contributed by atoms with Gasteiger partial charge in [0.25, 0.3) is 5.91 Å². The van der Waals surface area contributed by atoms with Crippen LogP contribution in [0.25, 0.3) is 11.4 Å². The fourth-order valence-corrected chi connectivity index (χ4v) is 3.68. The fourth-order valence-electron chi connectivity index (χ4n) is 3.01. The monoisotopic (exact) mass is 340 g/mol. The smallest absolute Gasteiger partial charge is 0.269 e. The molecular weight excluding hydrogens is 324 g/mol. The van der Waals surface area contributed by atoms with Gasteiger partial charge in [0, 0.05) is 25.4 Å². The summed E-state index contributed by atoms with van der Waals surface area (Å²) in [5.74, 6) is 0.0646. The first-order valence-corrected chi connectivity index (χ1v) is 8.54. The number of nitrogens with one attached hydrogen (secondary N) is 1. The molecule has 1 amide bonds. The third-order valence-corrected chi connectivity index (χ3v) is 4.87. The van der Waals surface area contributed by atoms with Gasteiger partial charge in [-0.15, -0.1) is 0 Å². The van der Waals surface area contributed by atoms with E-state index in [-0.39, 0.29) is 0 Å². The molecular formula is C16H16N6OS. The van der Waals surface area contributed by atoms with E-state index in [1.807, 2.05) is 11.6 Å². The van der Waals surface area contributed by atoms with Crippen LogP contribution < -0.4 is 11.1 Å². The van der Waals surface area contributed by atoms with Crippen molar-refractivity contribution in [3.63, 3.8) is 0 Å². The Hall–Kier alpha value is -2.74. The average molecular weight is 340 g/mol. The maximum atomic E-state index is 11.6. The number of carbonyl (C=O) groups is 1. The number of anilines is 1. The Bertz CT molecular complexity index is 915. The zero-order valence-corrected chi connectivity index (χ0v) is 13.9. The number of fused-ring (bicyclic) bond motifs is 3. The summed E-state index contributed by atoms with van der Waals surface area (Å²) in [7, 11) is 1.81. The maximum Gasteiger partial charge on any atom is 0.269 e. The van der Waals surface area contributed by atoms with Gasteiger partial charge in [0.05, 0.1) is 11.4 Å². The molecule has 0 radical (unpaired) electrons. The Morgan fingerprint density at radius 1 is 1.46 bits per heavy atom. The van der Waals surface area contributed by atoms with Crippen LogP contribution in [0.3, 0.4) is 0 Å². The second-order valence-electron chi connectivity index (χ2n) is 5.72. The fraction of sp³-hybridized carbons (Fsp3) is 0.250. The average Bonchev–Trinajstić information content (AvgIpc) is 3.20. The first-order valence-electron chi connectivity index (χ1n) is 7.60. The number of aryl methyl sites for hydroxylation is 2. The summed E-state index contributed by atoms with van der Waals surface area (Å²) in [6.45, 7) is 0.674. The number of carbonyl (C=O) groups excluding carboxylic acids is 1. The number of hydrogen-bond donors (Lipinski definition) is 2. The molecule has 0 atom stereocenters. The lowest BCUT2D eigenvalue weighted by Gasteiger charge is -2.17. The third kappa shape index (κ3) is 2.44. The molecule has 24 heavy (non-hydrogen) atoms. The number of amides is 1. The summed E-state index contributed by atoms with van der Waals surface area (Å²) >= 11 is 1.66. The highest BCUT2D eigenvalue weighted by atomic mass is 32.1. The van der Waals surface area contributed by atoms with Crippen LogP contribution in [0.15, 0.2) is 23.0 Å².